The molecule has 0 unspecified atom stereocenters. The summed E-state index contributed by atoms with van der Waals surface area (Å²) < 4.78 is 0. The molecule has 0 amide bonds. The van der Waals surface area contributed by atoms with Gasteiger partial charge in [0.05, 0.1) is 0 Å². The van der Waals surface area contributed by atoms with E-state index in [-0.39, 0.29) is 0 Å². The van der Waals surface area contributed by atoms with Gasteiger partial charge in [0.1, 0.15) is 0 Å². The molecule has 196 valence electrons. The standard InChI is InChI=1S/C36H40GeP2/c1-5-13-33(14-6-1)38(34-15-7-2-8-16-34)25-29-21-37(22-30(29)26-38)23-31-27-39(28-32(31)24-37,35-17-9-3-10-18-35)36-19-11-4-12-20-36/h1-20,29-32H,21-28H2/q+2/t29-,30-,31-,32-/m0/s1. The fourth-order valence-corrected chi connectivity index (χ4v) is 37.9. The van der Waals surface area contributed by atoms with Crippen LogP contribution >= 0.6 is 14.5 Å². The maximum atomic E-state index is 2.47. The molecule has 0 aliphatic carbocycles. The molecular weight excluding hydrogens is 567 g/mol. The predicted octanol–water partition coefficient (Wildman–Crippen LogP) is 7.29. The molecule has 0 saturated carbocycles. The van der Waals surface area contributed by atoms with Crippen molar-refractivity contribution in [3.05, 3.63) is 121 Å². The second-order valence-corrected chi connectivity index (χ2v) is 30.5. The first-order chi connectivity index (χ1) is 19.2. The first-order valence-corrected chi connectivity index (χ1v) is 25.4. The van der Waals surface area contributed by atoms with E-state index < -0.39 is 27.8 Å². The second-order valence-electron chi connectivity index (χ2n) is 13.4. The fraction of sp³-hybridized carbons (Fsp3) is 0.333. The van der Waals surface area contributed by atoms with Gasteiger partial charge in [0.15, 0.2) is 0 Å². The van der Waals surface area contributed by atoms with Crippen molar-refractivity contribution >= 4 is 49.0 Å². The van der Waals surface area contributed by atoms with Gasteiger partial charge in [-0.25, -0.2) is 0 Å². The average molecular weight is 607 g/mol. The van der Waals surface area contributed by atoms with E-state index in [0.717, 1.165) is 23.7 Å². The number of fused-ring (bicyclic) bond motifs is 2. The van der Waals surface area contributed by atoms with Crippen molar-refractivity contribution in [2.75, 3.05) is 24.6 Å². The summed E-state index contributed by atoms with van der Waals surface area (Å²) in [6.45, 7) is 0. The monoisotopic (exact) mass is 608 g/mol. The molecular formula is C36H40GeP2+2. The molecule has 4 aliphatic heterocycles. The summed E-state index contributed by atoms with van der Waals surface area (Å²) in [5.41, 5.74) is 0. The molecule has 4 aliphatic rings. The second kappa shape index (κ2) is 9.69. The first kappa shape index (κ1) is 25.0. The Hall–Kier alpha value is -1.72. The molecule has 3 heteroatoms. The van der Waals surface area contributed by atoms with Crippen molar-refractivity contribution in [1.82, 2.24) is 0 Å². The zero-order chi connectivity index (χ0) is 25.9. The molecule has 8 rings (SSSR count). The summed E-state index contributed by atoms with van der Waals surface area (Å²) in [5, 5.41) is 13.5. The molecule has 4 atom stereocenters. The van der Waals surface area contributed by atoms with E-state index in [1.54, 1.807) is 42.2 Å². The van der Waals surface area contributed by atoms with Crippen LogP contribution in [0.3, 0.4) is 0 Å². The van der Waals surface area contributed by atoms with Gasteiger partial charge in [-0.15, -0.1) is 0 Å². The van der Waals surface area contributed by atoms with Crippen molar-refractivity contribution in [2.24, 2.45) is 23.7 Å². The van der Waals surface area contributed by atoms with E-state index in [9.17, 15) is 0 Å². The minimum atomic E-state index is -1.78. The Morgan fingerprint density at radius 3 is 0.821 bits per heavy atom. The SMILES string of the molecule is c1ccc([P+]2(c3ccccc3)C[C@@H]3[CH2][Ge]4([CH2][C@H]3C2)[CH2][C@H]2C[P+](c3ccccc3)(c3ccccc3)C[C@@H]2[CH2]4)cc1. The third-order valence-corrected chi connectivity index (χ3v) is 32.5. The topological polar surface area (TPSA) is 0 Å². The summed E-state index contributed by atoms with van der Waals surface area (Å²) >= 11 is -1.78. The van der Waals surface area contributed by atoms with Crippen LogP contribution in [0.2, 0.25) is 21.0 Å². The van der Waals surface area contributed by atoms with Crippen molar-refractivity contribution < 1.29 is 0 Å². The molecule has 0 N–H and O–H groups in total. The van der Waals surface area contributed by atoms with Gasteiger partial charge in [0.25, 0.3) is 0 Å². The van der Waals surface area contributed by atoms with Crippen LogP contribution in [0.25, 0.3) is 0 Å². The molecule has 1 spiro atoms. The third-order valence-electron chi connectivity index (χ3n) is 11.3. The molecule has 4 heterocycles. The Balaban J connectivity index is 1.05. The van der Waals surface area contributed by atoms with Gasteiger partial charge in [-0.2, -0.15) is 0 Å². The maximum absolute atomic E-state index is 2.47. The van der Waals surface area contributed by atoms with E-state index in [0.29, 0.717) is 0 Å². The van der Waals surface area contributed by atoms with Gasteiger partial charge in [0.2, 0.25) is 0 Å². The van der Waals surface area contributed by atoms with Gasteiger partial charge >= 0.3 is 240 Å². The molecule has 4 aromatic rings. The molecule has 4 saturated heterocycles. The van der Waals surface area contributed by atoms with Gasteiger partial charge in [-0.3, -0.25) is 0 Å². The van der Waals surface area contributed by atoms with Crippen LogP contribution < -0.4 is 21.2 Å². The Bertz CT molecular complexity index is 1210. The Kier molecular flexibility index (Phi) is 6.22. The molecule has 0 radical (unpaired) electrons. The zero-order valence-electron chi connectivity index (χ0n) is 22.9. The van der Waals surface area contributed by atoms with Crippen molar-refractivity contribution in [2.45, 2.75) is 21.0 Å². The Labute approximate surface area is 238 Å². The van der Waals surface area contributed by atoms with Crippen molar-refractivity contribution in [1.29, 1.82) is 0 Å². The van der Waals surface area contributed by atoms with Gasteiger partial charge in [-0.05, 0) is 0 Å². The number of benzene rings is 4. The molecule has 0 bridgehead atoms. The molecule has 4 aromatic carbocycles. The van der Waals surface area contributed by atoms with E-state index in [1.165, 1.54) is 24.6 Å². The first-order valence-electron chi connectivity index (χ1n) is 15.1. The summed E-state index contributed by atoms with van der Waals surface area (Å²) in [5.74, 6) is 4.06. The van der Waals surface area contributed by atoms with Gasteiger partial charge in [-0.1, -0.05) is 0 Å². The molecule has 0 nitrogen and oxygen atoms in total. The normalized spacial score (nSPS) is 29.3. The average Bonchev–Trinajstić information content (AvgIpc) is 3.71. The van der Waals surface area contributed by atoms with Gasteiger partial charge < -0.3 is 0 Å². The molecule has 39 heavy (non-hydrogen) atoms. The fourth-order valence-electron chi connectivity index (χ4n) is 9.99. The summed E-state index contributed by atoms with van der Waals surface area (Å²) in [6.07, 6.45) is 6.00. The van der Waals surface area contributed by atoms with E-state index in [4.69, 9.17) is 0 Å². The van der Waals surface area contributed by atoms with Crippen LogP contribution in [-0.4, -0.2) is 37.9 Å². The van der Waals surface area contributed by atoms with E-state index >= 15 is 0 Å². The van der Waals surface area contributed by atoms with Crippen molar-refractivity contribution in [3.63, 3.8) is 0 Å². The zero-order valence-corrected chi connectivity index (χ0v) is 26.8. The number of hydrogen-bond acceptors (Lipinski definition) is 0. The predicted molar refractivity (Wildman–Crippen MR) is 177 cm³/mol. The van der Waals surface area contributed by atoms with E-state index in [2.05, 4.69) is 121 Å². The molecule has 0 aromatic heterocycles. The van der Waals surface area contributed by atoms with Crippen LogP contribution in [0.15, 0.2) is 121 Å². The van der Waals surface area contributed by atoms with Crippen LogP contribution in [0, 0.1) is 23.7 Å². The summed E-state index contributed by atoms with van der Waals surface area (Å²) in [7, 11) is -2.55. The van der Waals surface area contributed by atoms with Crippen LogP contribution in [0.1, 0.15) is 0 Å². The summed E-state index contributed by atoms with van der Waals surface area (Å²) in [4.78, 5) is 0. The number of hydrogen-bond donors (Lipinski definition) is 0. The third kappa shape index (κ3) is 4.08. The molecule has 4 fully saturated rings. The van der Waals surface area contributed by atoms with Crippen molar-refractivity contribution in [3.8, 4) is 0 Å². The van der Waals surface area contributed by atoms with E-state index in [1.807, 2.05) is 0 Å². The van der Waals surface area contributed by atoms with Gasteiger partial charge in [0, 0.05) is 0 Å². The number of rotatable bonds is 4. The Morgan fingerprint density at radius 1 is 0.359 bits per heavy atom. The van der Waals surface area contributed by atoms with Crippen LogP contribution in [0.4, 0.5) is 0 Å². The Morgan fingerprint density at radius 2 is 0.590 bits per heavy atom. The minimum absolute atomic E-state index is 1.01. The van der Waals surface area contributed by atoms with Crippen LogP contribution in [0.5, 0.6) is 0 Å². The summed E-state index contributed by atoms with van der Waals surface area (Å²) in [6, 6.07) is 46.9. The quantitative estimate of drug-likeness (QED) is 0.169. The van der Waals surface area contributed by atoms with Crippen LogP contribution in [-0.2, 0) is 0 Å².